The van der Waals surface area contributed by atoms with Crippen molar-refractivity contribution in [1.29, 1.82) is 0 Å². The van der Waals surface area contributed by atoms with Crippen molar-refractivity contribution in [3.63, 3.8) is 0 Å². The molecule has 1 aliphatic heterocycles. The molecule has 1 aliphatic rings. The van der Waals surface area contributed by atoms with Crippen molar-refractivity contribution in [2.75, 3.05) is 39.0 Å². The fraction of sp³-hybridized carbons (Fsp3) is 0.529. The molecule has 2 rings (SSSR count). The van der Waals surface area contributed by atoms with Gasteiger partial charge in [-0.05, 0) is 26.0 Å². The molecule has 0 aliphatic carbocycles. The average molecular weight is 366 g/mol. The lowest BCUT2D eigenvalue weighted by Crippen LogP contribution is -2.57. The van der Waals surface area contributed by atoms with Gasteiger partial charge >= 0.3 is 0 Å². The molecule has 0 spiro atoms. The van der Waals surface area contributed by atoms with Crippen molar-refractivity contribution >= 4 is 21.7 Å². The molecular formula is C17H26N4O3S. The van der Waals surface area contributed by atoms with Gasteiger partial charge in [0.25, 0.3) is 5.91 Å². The molecule has 0 atom stereocenters. The first kappa shape index (κ1) is 19.2. The van der Waals surface area contributed by atoms with E-state index in [9.17, 15) is 13.2 Å². The van der Waals surface area contributed by atoms with Gasteiger partial charge in [-0.15, -0.1) is 0 Å². The van der Waals surface area contributed by atoms with Gasteiger partial charge in [0.2, 0.25) is 0 Å². The van der Waals surface area contributed by atoms with Gasteiger partial charge in [-0.3, -0.25) is 9.79 Å². The first-order valence-electron chi connectivity index (χ1n) is 8.28. The molecule has 2 N–H and O–H groups in total. The molecule has 138 valence electrons. The molecule has 1 fully saturated rings. The minimum Gasteiger partial charge on any atom is -0.354 e. The summed E-state index contributed by atoms with van der Waals surface area (Å²) in [6.45, 7) is 5.24. The summed E-state index contributed by atoms with van der Waals surface area (Å²) in [4.78, 5) is 18.1. The lowest BCUT2D eigenvalue weighted by atomic mass is 10.2. The smallest absolute Gasteiger partial charge is 0.251 e. The first-order chi connectivity index (χ1) is 11.8. The summed E-state index contributed by atoms with van der Waals surface area (Å²) in [6.07, 6.45) is 0. The minimum atomic E-state index is -3.08. The molecule has 25 heavy (non-hydrogen) atoms. The molecule has 0 unspecified atom stereocenters. The summed E-state index contributed by atoms with van der Waals surface area (Å²) < 4.78 is 23.4. The highest BCUT2D eigenvalue weighted by Crippen LogP contribution is 2.23. The average Bonchev–Trinajstić information content (AvgIpc) is 2.58. The number of carbonyl (C=O) groups excluding carboxylic acids is 1. The summed E-state index contributed by atoms with van der Waals surface area (Å²) >= 11 is 0. The van der Waals surface area contributed by atoms with Crippen molar-refractivity contribution in [2.24, 2.45) is 4.99 Å². The highest BCUT2D eigenvalue weighted by atomic mass is 32.2. The van der Waals surface area contributed by atoms with Crippen molar-refractivity contribution in [2.45, 2.75) is 18.6 Å². The zero-order valence-electron chi connectivity index (χ0n) is 14.9. The third-order valence-electron chi connectivity index (χ3n) is 4.28. The summed E-state index contributed by atoms with van der Waals surface area (Å²) in [5, 5.41) is 6.02. The Morgan fingerprint density at radius 3 is 2.44 bits per heavy atom. The Morgan fingerprint density at radius 1 is 1.20 bits per heavy atom. The number of sulfone groups is 1. The van der Waals surface area contributed by atoms with E-state index < -0.39 is 14.6 Å². The normalized spacial score (nSPS) is 19.3. The maximum absolute atomic E-state index is 12.1. The molecule has 0 saturated carbocycles. The van der Waals surface area contributed by atoms with Crippen LogP contribution in [0.3, 0.4) is 0 Å². The van der Waals surface area contributed by atoms with Crippen LogP contribution in [-0.4, -0.2) is 68.9 Å². The Bertz CT molecular complexity index is 730. The van der Waals surface area contributed by atoms with E-state index in [1.807, 2.05) is 23.1 Å². The largest absolute Gasteiger partial charge is 0.354 e. The molecule has 0 aromatic heterocycles. The van der Waals surface area contributed by atoms with E-state index in [-0.39, 0.29) is 11.7 Å². The van der Waals surface area contributed by atoms with Crippen molar-refractivity contribution < 1.29 is 13.2 Å². The van der Waals surface area contributed by atoms with E-state index in [0.29, 0.717) is 37.7 Å². The number of amides is 1. The van der Waals surface area contributed by atoms with Crippen molar-refractivity contribution in [3.05, 3.63) is 35.9 Å². The van der Waals surface area contributed by atoms with Gasteiger partial charge in [0.15, 0.2) is 15.8 Å². The number of benzene rings is 1. The van der Waals surface area contributed by atoms with Crippen LogP contribution in [0.2, 0.25) is 0 Å². The maximum Gasteiger partial charge on any atom is 0.251 e. The van der Waals surface area contributed by atoms with Crippen LogP contribution in [0.25, 0.3) is 0 Å². The number of nitrogens with zero attached hydrogens (tertiary/aromatic N) is 2. The quantitative estimate of drug-likeness (QED) is 0.460. The fourth-order valence-electron chi connectivity index (χ4n) is 2.70. The number of aliphatic imine (C=N–C) groups is 1. The Balaban J connectivity index is 1.82. The standard InChI is InChI=1S/C17H26N4O3S/c1-17(2)13-21(11-12-25(17,23)24)16(18-3)20-10-9-19-15(22)14-7-5-4-6-8-14/h4-8H,9-13H2,1-3H3,(H,18,20)(H,19,22). The second-order valence-electron chi connectivity index (χ2n) is 6.60. The summed E-state index contributed by atoms with van der Waals surface area (Å²) in [5.74, 6) is 0.644. The molecule has 1 aromatic carbocycles. The van der Waals surface area contributed by atoms with Crippen LogP contribution in [0.4, 0.5) is 0 Å². The number of nitrogens with one attached hydrogen (secondary N) is 2. The molecule has 7 nitrogen and oxygen atoms in total. The fourth-order valence-corrected chi connectivity index (χ4v) is 4.06. The molecule has 1 aromatic rings. The van der Waals surface area contributed by atoms with Gasteiger partial charge in [0.1, 0.15) is 0 Å². The predicted octanol–water partition coefficient (Wildman–Crippen LogP) is 0.501. The highest BCUT2D eigenvalue weighted by Gasteiger charge is 2.40. The van der Waals surface area contributed by atoms with Gasteiger partial charge in [-0.2, -0.15) is 0 Å². The van der Waals surface area contributed by atoms with Crippen LogP contribution in [0.15, 0.2) is 35.3 Å². The summed E-state index contributed by atoms with van der Waals surface area (Å²) in [6, 6.07) is 9.03. The van der Waals surface area contributed by atoms with E-state index in [0.717, 1.165) is 0 Å². The van der Waals surface area contributed by atoms with E-state index >= 15 is 0 Å². The first-order valence-corrected chi connectivity index (χ1v) is 9.93. The van der Waals surface area contributed by atoms with Crippen LogP contribution in [0, 0.1) is 0 Å². The molecular weight excluding hydrogens is 340 g/mol. The Hall–Kier alpha value is -2.09. The highest BCUT2D eigenvalue weighted by molar-refractivity contribution is 7.92. The second-order valence-corrected chi connectivity index (χ2v) is 9.34. The SMILES string of the molecule is CN=C(NCCNC(=O)c1ccccc1)N1CCS(=O)(=O)C(C)(C)C1. The third kappa shape index (κ3) is 4.72. The number of guanidine groups is 1. The van der Waals surface area contributed by atoms with E-state index in [1.54, 1.807) is 33.0 Å². The molecule has 1 saturated heterocycles. The monoisotopic (exact) mass is 366 g/mol. The summed E-state index contributed by atoms with van der Waals surface area (Å²) in [7, 11) is -1.42. The summed E-state index contributed by atoms with van der Waals surface area (Å²) in [5.41, 5.74) is 0.620. The molecule has 0 radical (unpaired) electrons. The van der Waals surface area contributed by atoms with Gasteiger partial charge in [0, 0.05) is 38.8 Å². The number of carbonyl (C=O) groups is 1. The Labute approximate surface area is 149 Å². The van der Waals surface area contributed by atoms with Crippen LogP contribution < -0.4 is 10.6 Å². The lowest BCUT2D eigenvalue weighted by molar-refractivity contribution is 0.0954. The predicted molar refractivity (Wildman–Crippen MR) is 99.6 cm³/mol. The molecule has 8 heteroatoms. The molecule has 0 bridgehead atoms. The van der Waals surface area contributed by atoms with E-state index in [1.165, 1.54) is 0 Å². The van der Waals surface area contributed by atoms with Crippen LogP contribution in [0.1, 0.15) is 24.2 Å². The van der Waals surface area contributed by atoms with Gasteiger partial charge < -0.3 is 15.5 Å². The second kappa shape index (κ2) is 7.86. The van der Waals surface area contributed by atoms with Crippen LogP contribution in [0.5, 0.6) is 0 Å². The zero-order chi connectivity index (χ0) is 18.5. The number of hydrogen-bond donors (Lipinski definition) is 2. The van der Waals surface area contributed by atoms with Crippen molar-refractivity contribution in [1.82, 2.24) is 15.5 Å². The number of hydrogen-bond acceptors (Lipinski definition) is 4. The Morgan fingerprint density at radius 2 is 1.84 bits per heavy atom. The topological polar surface area (TPSA) is 90.9 Å². The third-order valence-corrected chi connectivity index (χ3v) is 6.82. The van der Waals surface area contributed by atoms with Gasteiger partial charge in [0.05, 0.1) is 10.5 Å². The number of rotatable bonds is 4. The lowest BCUT2D eigenvalue weighted by Gasteiger charge is -2.39. The van der Waals surface area contributed by atoms with E-state index in [2.05, 4.69) is 15.6 Å². The van der Waals surface area contributed by atoms with Crippen molar-refractivity contribution in [3.8, 4) is 0 Å². The van der Waals surface area contributed by atoms with Crippen LogP contribution in [-0.2, 0) is 9.84 Å². The minimum absolute atomic E-state index is 0.117. The maximum atomic E-state index is 12.1. The molecule has 1 amide bonds. The van der Waals surface area contributed by atoms with E-state index in [4.69, 9.17) is 0 Å². The van der Waals surface area contributed by atoms with Gasteiger partial charge in [-0.1, -0.05) is 18.2 Å². The zero-order valence-corrected chi connectivity index (χ0v) is 15.8. The van der Waals surface area contributed by atoms with Gasteiger partial charge in [-0.25, -0.2) is 8.42 Å². The Kier molecular flexibility index (Phi) is 6.05. The molecule has 1 heterocycles. The van der Waals surface area contributed by atoms with Crippen LogP contribution >= 0.6 is 0 Å².